The smallest absolute Gasteiger partial charge is 0.273 e. The van der Waals surface area contributed by atoms with Gasteiger partial charge in [0.25, 0.3) is 5.88 Å². The summed E-state index contributed by atoms with van der Waals surface area (Å²) in [7, 11) is 0. The summed E-state index contributed by atoms with van der Waals surface area (Å²) in [6.07, 6.45) is 2.79. The highest BCUT2D eigenvalue weighted by Crippen LogP contribution is 2.33. The van der Waals surface area contributed by atoms with Crippen molar-refractivity contribution in [1.82, 2.24) is 9.71 Å². The zero-order valence-corrected chi connectivity index (χ0v) is 10.6. The first-order valence-corrected chi connectivity index (χ1v) is 6.98. The van der Waals surface area contributed by atoms with Crippen molar-refractivity contribution in [2.45, 2.75) is 23.3 Å². The number of hydrogen-bond donors (Lipinski definition) is 1. The Bertz CT molecular complexity index is 437. The molecule has 0 radical (unpaired) electrons. The summed E-state index contributed by atoms with van der Waals surface area (Å²) in [5.74, 6) is 0.408. The molecule has 3 heterocycles. The van der Waals surface area contributed by atoms with Crippen LogP contribution in [-0.4, -0.2) is 34.9 Å². The number of hydrogen-bond acceptors (Lipinski definition) is 5. The topological polar surface area (TPSA) is 83.0 Å². The molecule has 0 saturated carbocycles. The lowest BCUT2D eigenvalue weighted by molar-refractivity contribution is -0.799. The minimum atomic E-state index is -1.30. The zero-order valence-electron chi connectivity index (χ0n) is 9.76. The van der Waals surface area contributed by atoms with Crippen LogP contribution < -0.4 is 14.7 Å². The molecule has 7 heteroatoms. The lowest BCUT2D eigenvalue weighted by Crippen LogP contribution is -2.53. The Kier molecular flexibility index (Phi) is 3.16. The number of nitrogens with one attached hydrogen (secondary N) is 1. The first-order chi connectivity index (χ1) is 8.69. The molecule has 2 aliphatic heterocycles. The van der Waals surface area contributed by atoms with Crippen LogP contribution in [0, 0.1) is 0 Å². The Morgan fingerprint density at radius 1 is 1.44 bits per heavy atom. The van der Waals surface area contributed by atoms with E-state index < -0.39 is 17.0 Å². The predicted octanol–water partition coefficient (Wildman–Crippen LogP) is -0.554. The minimum Gasteiger partial charge on any atom is -0.593 e. The molecular weight excluding hydrogens is 256 g/mol. The molecule has 3 rings (SSSR count). The molecule has 1 atom stereocenters. The van der Waals surface area contributed by atoms with E-state index in [4.69, 9.17) is 4.74 Å². The number of fused-ring (bicyclic) bond motifs is 1. The third kappa shape index (κ3) is 2.19. The molecule has 1 saturated heterocycles. The van der Waals surface area contributed by atoms with Crippen molar-refractivity contribution >= 4 is 11.4 Å². The standard InChI is InChI=1S/C11H14N2O4S/c14-17-6-3-11(4-7-17)8-13-18(15)9-2-1-5-12-10(9)16-11/h1-2,5,13H,3-4,6-8H2. The van der Waals surface area contributed by atoms with Crippen molar-refractivity contribution in [3.8, 4) is 5.88 Å². The summed E-state index contributed by atoms with van der Waals surface area (Å²) < 4.78 is 22.7. The SMILES string of the molecule is [O-][O+]1CCC2(CC1)CN[S+]([O-])c1cccnc1O2. The Morgan fingerprint density at radius 3 is 3.00 bits per heavy atom. The minimum absolute atomic E-state index is 0.358. The highest BCUT2D eigenvalue weighted by molar-refractivity contribution is 7.89. The van der Waals surface area contributed by atoms with Gasteiger partial charge in [0.05, 0.1) is 30.7 Å². The van der Waals surface area contributed by atoms with E-state index in [2.05, 4.69) is 9.71 Å². The molecule has 1 spiro atoms. The van der Waals surface area contributed by atoms with Gasteiger partial charge >= 0.3 is 0 Å². The van der Waals surface area contributed by atoms with Gasteiger partial charge in [0.1, 0.15) is 5.60 Å². The Labute approximate surface area is 108 Å². The zero-order chi connectivity index (χ0) is 12.6. The number of nitrogens with zero attached hydrogens (tertiary/aromatic N) is 1. The van der Waals surface area contributed by atoms with Crippen LogP contribution in [-0.2, 0) is 15.9 Å². The molecule has 2 aliphatic rings. The number of ether oxygens (including phenoxy) is 1. The average molecular weight is 270 g/mol. The maximum Gasteiger partial charge on any atom is 0.273 e. The van der Waals surface area contributed by atoms with Crippen LogP contribution in [0.15, 0.2) is 23.2 Å². The van der Waals surface area contributed by atoms with E-state index in [0.29, 0.717) is 43.4 Å². The lowest BCUT2D eigenvalue weighted by atomic mass is 9.94. The molecule has 1 unspecified atom stereocenters. The quantitative estimate of drug-likeness (QED) is 0.505. The Morgan fingerprint density at radius 2 is 2.22 bits per heavy atom. The fourth-order valence-corrected chi connectivity index (χ4v) is 3.22. The van der Waals surface area contributed by atoms with Crippen molar-refractivity contribution in [2.24, 2.45) is 0 Å². The van der Waals surface area contributed by atoms with Gasteiger partial charge in [-0.05, 0) is 6.07 Å². The molecule has 6 nitrogen and oxygen atoms in total. The summed E-state index contributed by atoms with van der Waals surface area (Å²) in [4.78, 5) is 4.71. The molecule has 18 heavy (non-hydrogen) atoms. The van der Waals surface area contributed by atoms with Gasteiger partial charge in [-0.25, -0.2) is 4.98 Å². The van der Waals surface area contributed by atoms with Crippen molar-refractivity contribution in [2.75, 3.05) is 19.8 Å². The second-order valence-electron chi connectivity index (χ2n) is 4.53. The normalized spacial score (nSPS) is 27.3. The van der Waals surface area contributed by atoms with Gasteiger partial charge in [-0.15, -0.1) is 4.72 Å². The van der Waals surface area contributed by atoms with Crippen molar-refractivity contribution in [3.63, 3.8) is 0 Å². The van der Waals surface area contributed by atoms with E-state index in [1.54, 1.807) is 22.8 Å². The van der Waals surface area contributed by atoms with Gasteiger partial charge in [0.15, 0.2) is 13.2 Å². The van der Waals surface area contributed by atoms with Gasteiger partial charge in [-0.1, -0.05) is 0 Å². The van der Waals surface area contributed by atoms with E-state index in [1.165, 1.54) is 0 Å². The first kappa shape index (κ1) is 12.2. The van der Waals surface area contributed by atoms with Crippen LogP contribution in [0.5, 0.6) is 5.88 Å². The summed E-state index contributed by atoms with van der Waals surface area (Å²) in [6.45, 7) is 1.18. The Balaban J connectivity index is 1.89. The molecular formula is C11H14N2O4S. The fourth-order valence-electron chi connectivity index (χ4n) is 2.22. The van der Waals surface area contributed by atoms with Gasteiger partial charge in [0, 0.05) is 12.3 Å². The highest BCUT2D eigenvalue weighted by Gasteiger charge is 2.43. The summed E-state index contributed by atoms with van der Waals surface area (Å²) >= 11 is -1.30. The van der Waals surface area contributed by atoms with Crippen molar-refractivity contribution in [3.05, 3.63) is 18.3 Å². The van der Waals surface area contributed by atoms with Gasteiger partial charge in [-0.3, -0.25) is 0 Å². The van der Waals surface area contributed by atoms with Crippen LogP contribution in [0.2, 0.25) is 0 Å². The Hall–Kier alpha value is -0.860. The molecule has 0 aliphatic carbocycles. The van der Waals surface area contributed by atoms with E-state index in [1.807, 2.05) is 0 Å². The summed E-state index contributed by atoms with van der Waals surface area (Å²) in [6, 6.07) is 3.47. The number of pyridine rings is 1. The van der Waals surface area contributed by atoms with Crippen molar-refractivity contribution < 1.29 is 19.1 Å². The summed E-state index contributed by atoms with van der Waals surface area (Å²) in [5, 5.41) is 11.2. The molecule has 0 bridgehead atoms. The third-order valence-electron chi connectivity index (χ3n) is 3.35. The second kappa shape index (κ2) is 4.67. The highest BCUT2D eigenvalue weighted by atomic mass is 32.2. The van der Waals surface area contributed by atoms with Gasteiger partial charge in [-0.2, -0.15) is 0 Å². The molecule has 1 aromatic rings. The van der Waals surface area contributed by atoms with Gasteiger partial charge < -0.3 is 19.1 Å². The maximum atomic E-state index is 12.0. The van der Waals surface area contributed by atoms with Crippen molar-refractivity contribution in [1.29, 1.82) is 0 Å². The van der Waals surface area contributed by atoms with Crippen LogP contribution in [0.4, 0.5) is 0 Å². The molecule has 98 valence electrons. The predicted molar refractivity (Wildman–Crippen MR) is 62.1 cm³/mol. The van der Waals surface area contributed by atoms with Crippen LogP contribution in [0.1, 0.15) is 12.8 Å². The third-order valence-corrected chi connectivity index (χ3v) is 4.46. The van der Waals surface area contributed by atoms with Crippen LogP contribution in [0.25, 0.3) is 0 Å². The molecule has 0 aromatic carbocycles. The molecule has 0 amide bonds. The molecule has 1 fully saturated rings. The number of aromatic nitrogens is 1. The molecule has 1 aromatic heterocycles. The second-order valence-corrected chi connectivity index (χ2v) is 5.80. The fraction of sp³-hybridized carbons (Fsp3) is 0.545. The van der Waals surface area contributed by atoms with Gasteiger partial charge in [0.2, 0.25) is 4.90 Å². The van der Waals surface area contributed by atoms with E-state index in [0.717, 1.165) is 0 Å². The largest absolute Gasteiger partial charge is 0.593 e. The van der Waals surface area contributed by atoms with Crippen LogP contribution in [0.3, 0.4) is 0 Å². The first-order valence-electron chi connectivity index (χ1n) is 5.83. The molecule has 1 N–H and O–H groups in total. The van der Waals surface area contributed by atoms with Crippen LogP contribution >= 0.6 is 0 Å². The van der Waals surface area contributed by atoms with E-state index in [-0.39, 0.29) is 0 Å². The maximum absolute atomic E-state index is 12.0. The average Bonchev–Trinajstić information content (AvgIpc) is 2.53. The number of rotatable bonds is 0. The monoisotopic (exact) mass is 270 g/mol. The van der Waals surface area contributed by atoms with E-state index in [9.17, 15) is 9.81 Å². The summed E-state index contributed by atoms with van der Waals surface area (Å²) in [5.41, 5.74) is -0.483. The van der Waals surface area contributed by atoms with E-state index >= 15 is 0 Å². The lowest BCUT2D eigenvalue weighted by Gasteiger charge is -2.38.